The number of nitrogens with zero attached hydrogens (tertiary/aromatic N) is 2. The van der Waals surface area contributed by atoms with Gasteiger partial charge in [-0.3, -0.25) is 0 Å². The van der Waals surface area contributed by atoms with E-state index in [4.69, 9.17) is 0 Å². The van der Waals surface area contributed by atoms with E-state index in [2.05, 4.69) is 40.4 Å². The lowest BCUT2D eigenvalue weighted by Crippen LogP contribution is -2.39. The number of nitrogens with one attached hydrogen (secondary N) is 1. The summed E-state index contributed by atoms with van der Waals surface area (Å²) in [6, 6.07) is 16.7. The molecule has 0 aliphatic carbocycles. The molecule has 2 aromatic rings. The molecule has 0 saturated carbocycles. The van der Waals surface area contributed by atoms with Crippen molar-refractivity contribution < 1.29 is 5.11 Å². The molecule has 2 aliphatic rings. The SMILES string of the molecule is CN(Cc1cccc2c1NCC2)CC1CCN(CC(O)c2ccccc2)CC1. The Kier molecular flexibility index (Phi) is 6.30. The van der Waals surface area contributed by atoms with Crippen LogP contribution in [0.5, 0.6) is 0 Å². The molecule has 4 rings (SSSR count). The smallest absolute Gasteiger partial charge is 0.0916 e. The lowest BCUT2D eigenvalue weighted by Gasteiger charge is -2.35. The van der Waals surface area contributed by atoms with E-state index in [0.717, 1.165) is 57.2 Å². The third-order valence-electron chi connectivity index (χ3n) is 6.27. The fourth-order valence-corrected chi connectivity index (χ4v) is 4.72. The fourth-order valence-electron chi connectivity index (χ4n) is 4.72. The summed E-state index contributed by atoms with van der Waals surface area (Å²) in [5, 5.41) is 14.0. The Morgan fingerprint density at radius 1 is 1.11 bits per heavy atom. The van der Waals surface area contributed by atoms with Gasteiger partial charge in [-0.2, -0.15) is 0 Å². The van der Waals surface area contributed by atoms with Crippen molar-refractivity contribution in [2.75, 3.05) is 45.1 Å². The van der Waals surface area contributed by atoms with Gasteiger partial charge in [0.15, 0.2) is 0 Å². The van der Waals surface area contributed by atoms with Crippen LogP contribution in [0.15, 0.2) is 48.5 Å². The molecule has 2 aromatic carbocycles. The highest BCUT2D eigenvalue weighted by molar-refractivity contribution is 5.61. The number of rotatable bonds is 7. The van der Waals surface area contributed by atoms with Gasteiger partial charge in [0.2, 0.25) is 0 Å². The highest BCUT2D eigenvalue weighted by atomic mass is 16.3. The molecular weight excluding hydrogens is 346 g/mol. The maximum atomic E-state index is 10.5. The molecule has 1 atom stereocenters. The zero-order valence-corrected chi connectivity index (χ0v) is 17.0. The standard InChI is InChI=1S/C24H33N3O/c1-26(17-22-9-5-8-21-10-13-25-24(21)22)16-19-11-14-27(15-12-19)18-23(28)20-6-3-2-4-7-20/h2-9,19,23,25,28H,10-18H2,1H3. The summed E-state index contributed by atoms with van der Waals surface area (Å²) < 4.78 is 0. The van der Waals surface area contributed by atoms with E-state index >= 15 is 0 Å². The van der Waals surface area contributed by atoms with Gasteiger partial charge in [0.1, 0.15) is 0 Å². The van der Waals surface area contributed by atoms with E-state index in [-0.39, 0.29) is 6.10 Å². The van der Waals surface area contributed by atoms with Crippen LogP contribution < -0.4 is 5.32 Å². The largest absolute Gasteiger partial charge is 0.387 e. The molecule has 0 bridgehead atoms. The highest BCUT2D eigenvalue weighted by Crippen LogP contribution is 2.28. The second-order valence-corrected chi connectivity index (χ2v) is 8.50. The summed E-state index contributed by atoms with van der Waals surface area (Å²) in [6.07, 6.45) is 3.21. The first-order valence-electron chi connectivity index (χ1n) is 10.7. The second kappa shape index (κ2) is 9.08. The Bertz CT molecular complexity index is 756. The number of hydrogen-bond acceptors (Lipinski definition) is 4. The third kappa shape index (κ3) is 4.75. The molecule has 0 spiro atoms. The Balaban J connectivity index is 1.23. The topological polar surface area (TPSA) is 38.7 Å². The maximum Gasteiger partial charge on any atom is 0.0916 e. The first-order chi connectivity index (χ1) is 13.7. The molecule has 2 N–H and O–H groups in total. The molecule has 1 unspecified atom stereocenters. The number of fused-ring (bicyclic) bond motifs is 1. The molecular formula is C24H33N3O. The first-order valence-corrected chi connectivity index (χ1v) is 10.7. The zero-order chi connectivity index (χ0) is 19.3. The number of piperidine rings is 1. The Morgan fingerprint density at radius 3 is 2.68 bits per heavy atom. The van der Waals surface area contributed by atoms with Gasteiger partial charge in [0.05, 0.1) is 6.10 Å². The normalized spacial score (nSPS) is 18.8. The minimum absolute atomic E-state index is 0.381. The van der Waals surface area contributed by atoms with Crippen molar-refractivity contribution in [2.45, 2.75) is 31.9 Å². The molecule has 2 aliphatic heterocycles. The van der Waals surface area contributed by atoms with Crippen LogP contribution in [0.4, 0.5) is 5.69 Å². The number of likely N-dealkylation sites (tertiary alicyclic amines) is 1. The van der Waals surface area contributed by atoms with E-state index in [1.807, 2.05) is 30.3 Å². The van der Waals surface area contributed by atoms with Crippen LogP contribution >= 0.6 is 0 Å². The number of benzene rings is 2. The quantitative estimate of drug-likeness (QED) is 0.772. The minimum atomic E-state index is -0.381. The monoisotopic (exact) mass is 379 g/mol. The predicted molar refractivity (Wildman–Crippen MR) is 116 cm³/mol. The number of aliphatic hydroxyl groups excluding tert-OH is 1. The molecule has 1 saturated heterocycles. The highest BCUT2D eigenvalue weighted by Gasteiger charge is 2.23. The summed E-state index contributed by atoms with van der Waals surface area (Å²) >= 11 is 0. The molecule has 0 amide bonds. The van der Waals surface area contributed by atoms with Gasteiger partial charge in [-0.25, -0.2) is 0 Å². The van der Waals surface area contributed by atoms with Crippen molar-refractivity contribution in [2.24, 2.45) is 5.92 Å². The van der Waals surface area contributed by atoms with E-state index < -0.39 is 0 Å². The van der Waals surface area contributed by atoms with Crippen LogP contribution in [0.3, 0.4) is 0 Å². The summed E-state index contributed by atoms with van der Waals surface area (Å²) in [5.74, 6) is 0.750. The van der Waals surface area contributed by atoms with Crippen LogP contribution in [-0.4, -0.2) is 54.7 Å². The average Bonchev–Trinajstić information content (AvgIpc) is 3.20. The molecule has 0 radical (unpaired) electrons. The zero-order valence-electron chi connectivity index (χ0n) is 17.0. The van der Waals surface area contributed by atoms with Gasteiger partial charge < -0.3 is 20.2 Å². The molecule has 28 heavy (non-hydrogen) atoms. The van der Waals surface area contributed by atoms with Crippen molar-refractivity contribution in [3.63, 3.8) is 0 Å². The summed E-state index contributed by atoms with van der Waals surface area (Å²) in [5.41, 5.74) is 5.30. The van der Waals surface area contributed by atoms with E-state index in [1.54, 1.807) is 0 Å². The van der Waals surface area contributed by atoms with Crippen molar-refractivity contribution in [3.05, 3.63) is 65.2 Å². The van der Waals surface area contributed by atoms with Gasteiger partial charge >= 0.3 is 0 Å². The fraction of sp³-hybridized carbons (Fsp3) is 0.500. The van der Waals surface area contributed by atoms with Gasteiger partial charge in [-0.1, -0.05) is 48.5 Å². The Labute approximate surface area is 169 Å². The van der Waals surface area contributed by atoms with Gasteiger partial charge in [0, 0.05) is 31.9 Å². The second-order valence-electron chi connectivity index (χ2n) is 8.50. The maximum absolute atomic E-state index is 10.5. The third-order valence-corrected chi connectivity index (χ3v) is 6.27. The lowest BCUT2D eigenvalue weighted by atomic mass is 9.95. The van der Waals surface area contributed by atoms with Gasteiger partial charge in [-0.15, -0.1) is 0 Å². The van der Waals surface area contributed by atoms with Crippen LogP contribution in [-0.2, 0) is 13.0 Å². The van der Waals surface area contributed by atoms with Crippen molar-refractivity contribution in [3.8, 4) is 0 Å². The van der Waals surface area contributed by atoms with E-state index in [0.29, 0.717) is 0 Å². The van der Waals surface area contributed by atoms with Crippen LogP contribution in [0, 0.1) is 5.92 Å². The van der Waals surface area contributed by atoms with Crippen molar-refractivity contribution >= 4 is 5.69 Å². The minimum Gasteiger partial charge on any atom is -0.387 e. The Morgan fingerprint density at radius 2 is 1.89 bits per heavy atom. The molecule has 4 nitrogen and oxygen atoms in total. The molecule has 0 aromatic heterocycles. The Hall–Kier alpha value is -1.88. The number of β-amino-alcohol motifs (C(OH)–C–C–N with tert-alkyl or cyclic N) is 1. The molecule has 4 heteroatoms. The number of aliphatic hydroxyl groups is 1. The average molecular weight is 380 g/mol. The number of anilines is 1. The number of para-hydroxylation sites is 1. The summed E-state index contributed by atoms with van der Waals surface area (Å²) in [4.78, 5) is 4.90. The molecule has 150 valence electrons. The first kappa shape index (κ1) is 19.4. The van der Waals surface area contributed by atoms with Crippen LogP contribution in [0.25, 0.3) is 0 Å². The van der Waals surface area contributed by atoms with E-state index in [1.165, 1.54) is 29.7 Å². The van der Waals surface area contributed by atoms with Crippen molar-refractivity contribution in [1.82, 2.24) is 9.80 Å². The van der Waals surface area contributed by atoms with E-state index in [9.17, 15) is 5.11 Å². The molecule has 2 heterocycles. The van der Waals surface area contributed by atoms with Crippen LogP contribution in [0.2, 0.25) is 0 Å². The summed E-state index contributed by atoms with van der Waals surface area (Å²) in [6.45, 7) is 6.16. The van der Waals surface area contributed by atoms with Crippen molar-refractivity contribution in [1.29, 1.82) is 0 Å². The molecule has 1 fully saturated rings. The van der Waals surface area contributed by atoms with Crippen LogP contribution in [0.1, 0.15) is 35.6 Å². The predicted octanol–water partition coefficient (Wildman–Crippen LogP) is 3.53. The van der Waals surface area contributed by atoms with Gasteiger partial charge in [-0.05, 0) is 62.0 Å². The van der Waals surface area contributed by atoms with Gasteiger partial charge in [0.25, 0.3) is 0 Å². The number of hydrogen-bond donors (Lipinski definition) is 2. The summed E-state index contributed by atoms with van der Waals surface area (Å²) in [7, 11) is 2.25. The lowest BCUT2D eigenvalue weighted by molar-refractivity contribution is 0.0825.